The normalized spacial score (nSPS) is 9.38. The van der Waals surface area contributed by atoms with Crippen molar-refractivity contribution in [3.8, 4) is 0 Å². The lowest BCUT2D eigenvalue weighted by Gasteiger charge is -2.01. The highest BCUT2D eigenvalue weighted by atomic mass is 16.2. The summed E-state index contributed by atoms with van der Waals surface area (Å²) in [6.45, 7) is 3.19. The molecule has 0 aliphatic rings. The fourth-order valence-electron chi connectivity index (χ4n) is 0.856. The standard InChI is InChI=1S/C10H11NO2/c1-7-3-5-9(6-4-7)11-10(13)8(2)12/h3-6H,1-2H3,(H,11,13). The monoisotopic (exact) mass is 177 g/mol. The van der Waals surface area contributed by atoms with E-state index < -0.39 is 11.7 Å². The Balaban J connectivity index is 2.70. The number of benzene rings is 1. The topological polar surface area (TPSA) is 46.2 Å². The summed E-state index contributed by atoms with van der Waals surface area (Å²) in [5.74, 6) is -1.07. The molecule has 0 aromatic heterocycles. The minimum Gasteiger partial charge on any atom is -0.319 e. The second kappa shape index (κ2) is 3.85. The van der Waals surface area contributed by atoms with Crippen molar-refractivity contribution in [2.24, 2.45) is 0 Å². The van der Waals surface area contributed by atoms with E-state index in [1.165, 1.54) is 6.92 Å². The molecule has 0 saturated heterocycles. The smallest absolute Gasteiger partial charge is 0.291 e. The van der Waals surface area contributed by atoms with Gasteiger partial charge in [-0.2, -0.15) is 0 Å². The van der Waals surface area contributed by atoms with Crippen molar-refractivity contribution in [3.05, 3.63) is 29.8 Å². The largest absolute Gasteiger partial charge is 0.319 e. The zero-order chi connectivity index (χ0) is 9.84. The van der Waals surface area contributed by atoms with Gasteiger partial charge in [0.2, 0.25) is 5.78 Å². The summed E-state index contributed by atoms with van der Waals surface area (Å²) in [5, 5.41) is 2.48. The molecule has 3 heteroatoms. The predicted molar refractivity (Wildman–Crippen MR) is 50.5 cm³/mol. The first kappa shape index (κ1) is 9.45. The van der Waals surface area contributed by atoms with E-state index in [2.05, 4.69) is 5.32 Å². The Kier molecular flexibility index (Phi) is 2.80. The summed E-state index contributed by atoms with van der Waals surface area (Å²) in [6, 6.07) is 7.26. The Bertz CT molecular complexity index is 327. The lowest BCUT2D eigenvalue weighted by atomic mass is 10.2. The van der Waals surface area contributed by atoms with Crippen LogP contribution >= 0.6 is 0 Å². The molecule has 3 nitrogen and oxygen atoms in total. The second-order valence-electron chi connectivity index (χ2n) is 2.88. The average Bonchev–Trinajstić information content (AvgIpc) is 2.08. The number of nitrogens with one attached hydrogen (secondary N) is 1. The molecule has 1 aromatic rings. The summed E-state index contributed by atoms with van der Waals surface area (Å²) >= 11 is 0. The number of aryl methyl sites for hydroxylation is 1. The molecule has 0 atom stereocenters. The van der Waals surface area contributed by atoms with Gasteiger partial charge in [-0.1, -0.05) is 17.7 Å². The van der Waals surface area contributed by atoms with E-state index in [9.17, 15) is 9.59 Å². The molecule has 0 unspecified atom stereocenters. The van der Waals surface area contributed by atoms with Gasteiger partial charge >= 0.3 is 0 Å². The molecule has 0 fully saturated rings. The van der Waals surface area contributed by atoms with E-state index in [1.807, 2.05) is 19.1 Å². The molecular weight excluding hydrogens is 166 g/mol. The number of hydrogen-bond acceptors (Lipinski definition) is 2. The van der Waals surface area contributed by atoms with Crippen LogP contribution in [0.3, 0.4) is 0 Å². The van der Waals surface area contributed by atoms with Gasteiger partial charge in [-0.3, -0.25) is 9.59 Å². The van der Waals surface area contributed by atoms with Gasteiger partial charge in [-0.15, -0.1) is 0 Å². The van der Waals surface area contributed by atoms with Crippen LogP contribution in [0.4, 0.5) is 5.69 Å². The van der Waals surface area contributed by atoms with Crippen LogP contribution in [0.25, 0.3) is 0 Å². The Morgan fingerprint density at radius 3 is 2.15 bits per heavy atom. The molecule has 13 heavy (non-hydrogen) atoms. The lowest BCUT2D eigenvalue weighted by Crippen LogP contribution is -2.19. The molecule has 0 radical (unpaired) electrons. The van der Waals surface area contributed by atoms with Crippen LogP contribution < -0.4 is 5.32 Å². The first-order valence-electron chi connectivity index (χ1n) is 3.98. The molecule has 0 saturated carbocycles. The molecule has 0 aliphatic carbocycles. The maximum absolute atomic E-state index is 10.9. The van der Waals surface area contributed by atoms with Gasteiger partial charge in [0.1, 0.15) is 0 Å². The molecule has 1 amide bonds. The van der Waals surface area contributed by atoms with E-state index in [0.717, 1.165) is 5.56 Å². The highest BCUT2D eigenvalue weighted by Crippen LogP contribution is 2.07. The van der Waals surface area contributed by atoms with Gasteiger partial charge < -0.3 is 5.32 Å². The molecule has 1 rings (SSSR count). The molecule has 0 heterocycles. The number of carbonyl (C=O) groups excluding carboxylic acids is 2. The number of Topliss-reactive ketones (excluding diaryl/α,β-unsaturated/α-hetero) is 1. The Hall–Kier alpha value is -1.64. The van der Waals surface area contributed by atoms with Crippen molar-refractivity contribution in [2.75, 3.05) is 5.32 Å². The molecule has 68 valence electrons. The first-order valence-corrected chi connectivity index (χ1v) is 3.98. The van der Waals surface area contributed by atoms with E-state index in [0.29, 0.717) is 5.69 Å². The van der Waals surface area contributed by atoms with Gasteiger partial charge in [0.25, 0.3) is 5.91 Å². The van der Waals surface area contributed by atoms with Crippen LogP contribution in [0.2, 0.25) is 0 Å². The quantitative estimate of drug-likeness (QED) is 0.696. The highest BCUT2D eigenvalue weighted by molar-refractivity contribution is 6.39. The SMILES string of the molecule is CC(=O)C(=O)Nc1ccc(C)cc1. The molecule has 1 N–H and O–H groups in total. The molecule has 0 bridgehead atoms. The van der Waals surface area contributed by atoms with Gasteiger partial charge in [0, 0.05) is 12.6 Å². The number of amides is 1. The van der Waals surface area contributed by atoms with Crippen molar-refractivity contribution in [1.29, 1.82) is 0 Å². The first-order chi connectivity index (χ1) is 6.09. The van der Waals surface area contributed by atoms with E-state index >= 15 is 0 Å². The van der Waals surface area contributed by atoms with Gasteiger partial charge in [0.05, 0.1) is 0 Å². The van der Waals surface area contributed by atoms with Crippen molar-refractivity contribution in [2.45, 2.75) is 13.8 Å². The van der Waals surface area contributed by atoms with Crippen LogP contribution in [-0.2, 0) is 9.59 Å². The third kappa shape index (κ3) is 2.71. The van der Waals surface area contributed by atoms with E-state index in [4.69, 9.17) is 0 Å². The van der Waals surface area contributed by atoms with Crippen molar-refractivity contribution >= 4 is 17.4 Å². The van der Waals surface area contributed by atoms with Crippen LogP contribution in [0, 0.1) is 6.92 Å². The fourth-order valence-corrected chi connectivity index (χ4v) is 0.856. The Labute approximate surface area is 76.8 Å². The Morgan fingerprint density at radius 2 is 1.69 bits per heavy atom. The van der Waals surface area contributed by atoms with E-state index in [-0.39, 0.29) is 0 Å². The number of hydrogen-bond donors (Lipinski definition) is 1. The van der Waals surface area contributed by atoms with Crippen LogP contribution in [0.15, 0.2) is 24.3 Å². The highest BCUT2D eigenvalue weighted by Gasteiger charge is 2.06. The second-order valence-corrected chi connectivity index (χ2v) is 2.88. The number of carbonyl (C=O) groups is 2. The third-order valence-corrected chi connectivity index (χ3v) is 1.63. The molecule has 1 aromatic carbocycles. The van der Waals surface area contributed by atoms with E-state index in [1.54, 1.807) is 12.1 Å². The minimum atomic E-state index is -0.580. The van der Waals surface area contributed by atoms with Crippen molar-refractivity contribution in [3.63, 3.8) is 0 Å². The number of anilines is 1. The zero-order valence-corrected chi connectivity index (χ0v) is 7.63. The zero-order valence-electron chi connectivity index (χ0n) is 7.63. The maximum atomic E-state index is 10.9. The minimum absolute atomic E-state index is 0.486. The van der Waals surface area contributed by atoms with Crippen LogP contribution in [0.1, 0.15) is 12.5 Å². The maximum Gasteiger partial charge on any atom is 0.291 e. The average molecular weight is 177 g/mol. The van der Waals surface area contributed by atoms with Crippen molar-refractivity contribution < 1.29 is 9.59 Å². The lowest BCUT2D eigenvalue weighted by molar-refractivity contribution is -0.133. The third-order valence-electron chi connectivity index (χ3n) is 1.63. The van der Waals surface area contributed by atoms with Crippen molar-refractivity contribution in [1.82, 2.24) is 0 Å². The summed E-state index contributed by atoms with van der Waals surface area (Å²) in [7, 11) is 0. The summed E-state index contributed by atoms with van der Waals surface area (Å²) in [6.07, 6.45) is 0. The molecule has 0 spiro atoms. The fraction of sp³-hybridized carbons (Fsp3) is 0.200. The Morgan fingerprint density at radius 1 is 1.15 bits per heavy atom. The van der Waals surface area contributed by atoms with Crippen LogP contribution in [-0.4, -0.2) is 11.7 Å². The van der Waals surface area contributed by atoms with Crippen LogP contribution in [0.5, 0.6) is 0 Å². The molecule has 0 aliphatic heterocycles. The number of ketones is 1. The summed E-state index contributed by atoms with van der Waals surface area (Å²) in [5.41, 5.74) is 1.76. The summed E-state index contributed by atoms with van der Waals surface area (Å²) in [4.78, 5) is 21.5. The molecular formula is C10H11NO2. The number of rotatable bonds is 2. The predicted octanol–water partition coefficient (Wildman–Crippen LogP) is 1.52. The van der Waals surface area contributed by atoms with Gasteiger partial charge in [0.15, 0.2) is 0 Å². The van der Waals surface area contributed by atoms with Gasteiger partial charge in [-0.05, 0) is 19.1 Å². The van der Waals surface area contributed by atoms with Gasteiger partial charge in [-0.25, -0.2) is 0 Å². The summed E-state index contributed by atoms with van der Waals surface area (Å²) < 4.78 is 0.